The maximum Gasteiger partial charge on any atom is 0.170 e. The Kier molecular flexibility index (Phi) is 5.85. The van der Waals surface area contributed by atoms with Crippen molar-refractivity contribution >= 4 is 34.8 Å². The number of pyridine rings is 1. The topological polar surface area (TPSA) is 46.2 Å². The molecule has 6 heteroatoms. The van der Waals surface area contributed by atoms with E-state index in [0.29, 0.717) is 5.11 Å². The number of rotatable bonds is 5. The Bertz CT molecular complexity index is 628. The van der Waals surface area contributed by atoms with E-state index in [-0.39, 0.29) is 6.10 Å². The summed E-state index contributed by atoms with van der Waals surface area (Å²) in [7, 11) is 0. The number of anilines is 1. The lowest BCUT2D eigenvalue weighted by Crippen LogP contribution is -2.34. The zero-order valence-electron chi connectivity index (χ0n) is 12.7. The van der Waals surface area contributed by atoms with Crippen molar-refractivity contribution in [2.45, 2.75) is 28.9 Å². The van der Waals surface area contributed by atoms with Gasteiger partial charge >= 0.3 is 0 Å². The zero-order valence-corrected chi connectivity index (χ0v) is 14.3. The van der Waals surface area contributed by atoms with E-state index in [4.69, 9.17) is 17.0 Å². The number of nitrogens with one attached hydrogen (secondary N) is 2. The Labute approximate surface area is 146 Å². The number of aromatic nitrogens is 1. The molecule has 0 amide bonds. The van der Waals surface area contributed by atoms with Crippen molar-refractivity contribution in [2.75, 3.05) is 18.5 Å². The van der Waals surface area contributed by atoms with Crippen LogP contribution in [0.15, 0.2) is 58.6 Å². The second kappa shape index (κ2) is 8.29. The van der Waals surface area contributed by atoms with Gasteiger partial charge in [-0.25, -0.2) is 4.98 Å². The standard InChI is InChI=1S/C17H19N3OS2/c22-17(19-12-14-5-4-10-21-14)20-13-8-9-16(18-11-13)23-15-6-2-1-3-7-15/h1-3,6-9,11,14H,4-5,10,12H2,(H2,19,20,22). The van der Waals surface area contributed by atoms with Crippen LogP contribution in [0.2, 0.25) is 0 Å². The van der Waals surface area contributed by atoms with Crippen LogP contribution in [-0.4, -0.2) is 29.4 Å². The summed E-state index contributed by atoms with van der Waals surface area (Å²) >= 11 is 6.94. The molecule has 23 heavy (non-hydrogen) atoms. The predicted octanol–water partition coefficient (Wildman–Crippen LogP) is 3.70. The number of hydrogen-bond acceptors (Lipinski definition) is 4. The number of benzene rings is 1. The normalized spacial score (nSPS) is 17.0. The average Bonchev–Trinajstić information content (AvgIpc) is 3.09. The molecule has 4 nitrogen and oxygen atoms in total. The summed E-state index contributed by atoms with van der Waals surface area (Å²) in [6, 6.07) is 14.2. The van der Waals surface area contributed by atoms with Crippen LogP contribution in [0.25, 0.3) is 0 Å². The summed E-state index contributed by atoms with van der Waals surface area (Å²) < 4.78 is 5.56. The molecule has 2 N–H and O–H groups in total. The highest BCUT2D eigenvalue weighted by molar-refractivity contribution is 7.99. The molecular weight excluding hydrogens is 326 g/mol. The van der Waals surface area contributed by atoms with Crippen molar-refractivity contribution in [2.24, 2.45) is 0 Å². The SMILES string of the molecule is S=C(NCC1CCCO1)Nc1ccc(Sc2ccccc2)nc1. The third kappa shape index (κ3) is 5.20. The van der Waals surface area contributed by atoms with E-state index in [0.717, 1.165) is 36.7 Å². The highest BCUT2D eigenvalue weighted by Gasteiger charge is 2.15. The first-order valence-corrected chi connectivity index (χ1v) is 8.87. The van der Waals surface area contributed by atoms with Crippen LogP contribution in [0.3, 0.4) is 0 Å². The van der Waals surface area contributed by atoms with Crippen molar-refractivity contribution in [3.63, 3.8) is 0 Å². The first-order chi connectivity index (χ1) is 11.3. The third-order valence-electron chi connectivity index (χ3n) is 3.47. The highest BCUT2D eigenvalue weighted by atomic mass is 32.2. The Hall–Kier alpha value is -1.63. The molecule has 1 fully saturated rings. The van der Waals surface area contributed by atoms with Gasteiger partial charge in [-0.15, -0.1) is 0 Å². The molecule has 0 saturated carbocycles. The van der Waals surface area contributed by atoms with Gasteiger partial charge in [0.25, 0.3) is 0 Å². The number of ether oxygens (including phenoxy) is 1. The number of nitrogens with zero attached hydrogens (tertiary/aromatic N) is 1. The molecule has 0 radical (unpaired) electrons. The fourth-order valence-corrected chi connectivity index (χ4v) is 3.29. The van der Waals surface area contributed by atoms with Crippen LogP contribution in [-0.2, 0) is 4.74 Å². The second-order valence-corrected chi connectivity index (χ2v) is 6.77. The summed E-state index contributed by atoms with van der Waals surface area (Å²) in [5.41, 5.74) is 0.882. The molecule has 3 rings (SSSR count). The third-order valence-corrected chi connectivity index (χ3v) is 4.68. The van der Waals surface area contributed by atoms with Crippen LogP contribution >= 0.6 is 24.0 Å². The minimum absolute atomic E-state index is 0.275. The van der Waals surface area contributed by atoms with E-state index >= 15 is 0 Å². The van der Waals surface area contributed by atoms with Crippen molar-refractivity contribution in [3.05, 3.63) is 48.7 Å². The Morgan fingerprint density at radius 1 is 1.26 bits per heavy atom. The van der Waals surface area contributed by atoms with E-state index in [9.17, 15) is 0 Å². The summed E-state index contributed by atoms with van der Waals surface area (Å²) in [4.78, 5) is 5.63. The van der Waals surface area contributed by atoms with E-state index < -0.39 is 0 Å². The first kappa shape index (κ1) is 16.2. The summed E-state index contributed by atoms with van der Waals surface area (Å²) in [6.45, 7) is 1.61. The molecule has 0 spiro atoms. The van der Waals surface area contributed by atoms with E-state index in [2.05, 4.69) is 27.8 Å². The molecule has 1 saturated heterocycles. The van der Waals surface area contributed by atoms with Gasteiger partial charge < -0.3 is 15.4 Å². The Morgan fingerprint density at radius 3 is 2.83 bits per heavy atom. The Morgan fingerprint density at radius 2 is 2.13 bits per heavy atom. The lowest BCUT2D eigenvalue weighted by atomic mass is 10.2. The lowest BCUT2D eigenvalue weighted by molar-refractivity contribution is 0.114. The van der Waals surface area contributed by atoms with Crippen LogP contribution in [0.1, 0.15) is 12.8 Å². The van der Waals surface area contributed by atoms with Crippen LogP contribution in [0.4, 0.5) is 5.69 Å². The van der Waals surface area contributed by atoms with Crippen LogP contribution in [0, 0.1) is 0 Å². The summed E-state index contributed by atoms with van der Waals surface area (Å²) in [5.74, 6) is 0. The van der Waals surface area contributed by atoms with Crippen molar-refractivity contribution in [1.29, 1.82) is 0 Å². The van der Waals surface area contributed by atoms with Crippen LogP contribution < -0.4 is 10.6 Å². The molecular formula is C17H19N3OS2. The maximum absolute atomic E-state index is 5.56. The maximum atomic E-state index is 5.56. The van der Waals surface area contributed by atoms with Gasteiger partial charge in [0.05, 0.1) is 18.0 Å². The average molecular weight is 345 g/mol. The molecule has 1 aliphatic heterocycles. The van der Waals surface area contributed by atoms with Gasteiger partial charge in [-0.05, 0) is 49.3 Å². The molecule has 0 bridgehead atoms. The minimum Gasteiger partial charge on any atom is -0.376 e. The molecule has 2 heterocycles. The largest absolute Gasteiger partial charge is 0.376 e. The van der Waals surface area contributed by atoms with E-state index in [1.54, 1.807) is 18.0 Å². The second-order valence-electron chi connectivity index (χ2n) is 5.27. The monoisotopic (exact) mass is 345 g/mol. The lowest BCUT2D eigenvalue weighted by Gasteiger charge is -2.14. The van der Waals surface area contributed by atoms with Crippen molar-refractivity contribution in [1.82, 2.24) is 10.3 Å². The molecule has 0 aliphatic carbocycles. The fraction of sp³-hybridized carbons (Fsp3) is 0.294. The van der Waals surface area contributed by atoms with Gasteiger partial charge in [-0.3, -0.25) is 0 Å². The highest BCUT2D eigenvalue weighted by Crippen LogP contribution is 2.25. The molecule has 1 aromatic carbocycles. The molecule has 120 valence electrons. The van der Waals surface area contributed by atoms with Gasteiger partial charge in [0.2, 0.25) is 0 Å². The molecule has 2 aromatic rings. The molecule has 1 aliphatic rings. The smallest absolute Gasteiger partial charge is 0.170 e. The quantitative estimate of drug-likeness (QED) is 0.806. The molecule has 1 atom stereocenters. The molecule has 1 aromatic heterocycles. The van der Waals surface area contributed by atoms with Gasteiger partial charge in [-0.2, -0.15) is 0 Å². The van der Waals surface area contributed by atoms with E-state index in [1.165, 1.54) is 4.90 Å². The van der Waals surface area contributed by atoms with Crippen molar-refractivity contribution < 1.29 is 4.74 Å². The first-order valence-electron chi connectivity index (χ1n) is 7.65. The number of hydrogen-bond donors (Lipinski definition) is 2. The number of thiocarbonyl (C=S) groups is 1. The fourth-order valence-electron chi connectivity index (χ4n) is 2.31. The summed E-state index contributed by atoms with van der Waals surface area (Å²) in [5, 5.41) is 7.90. The predicted molar refractivity (Wildman–Crippen MR) is 98.0 cm³/mol. The van der Waals surface area contributed by atoms with Gasteiger partial charge in [0.1, 0.15) is 5.03 Å². The minimum atomic E-state index is 0.275. The Balaban J connectivity index is 1.47. The van der Waals surface area contributed by atoms with E-state index in [1.807, 2.05) is 30.3 Å². The van der Waals surface area contributed by atoms with Crippen molar-refractivity contribution in [3.8, 4) is 0 Å². The van der Waals surface area contributed by atoms with Gasteiger partial charge in [0.15, 0.2) is 5.11 Å². The summed E-state index contributed by atoms with van der Waals surface area (Å²) in [6.07, 6.45) is 4.31. The van der Waals surface area contributed by atoms with Crippen LogP contribution in [0.5, 0.6) is 0 Å². The van der Waals surface area contributed by atoms with Gasteiger partial charge in [0, 0.05) is 18.0 Å². The van der Waals surface area contributed by atoms with Gasteiger partial charge in [-0.1, -0.05) is 30.0 Å². The zero-order chi connectivity index (χ0) is 15.9. The molecule has 1 unspecified atom stereocenters.